The number of anilines is 1. The van der Waals surface area contributed by atoms with E-state index >= 15 is 0 Å². The molecule has 1 aliphatic heterocycles. The van der Waals surface area contributed by atoms with E-state index in [1.54, 1.807) is 20.4 Å². The Morgan fingerprint density at radius 3 is 2.83 bits per heavy atom. The van der Waals surface area contributed by atoms with Crippen LogP contribution in [0.1, 0.15) is 12.8 Å². The predicted octanol–water partition coefficient (Wildman–Crippen LogP) is 3.02. The Morgan fingerprint density at radius 1 is 1.21 bits per heavy atom. The average molecular weight is 396 g/mol. The molecule has 8 heteroatoms. The van der Waals surface area contributed by atoms with Gasteiger partial charge in [-0.15, -0.1) is 0 Å². The lowest BCUT2D eigenvalue weighted by molar-refractivity contribution is 0.208. The molecular formula is C21H24N4O4. The normalized spacial score (nSPS) is 16.7. The van der Waals surface area contributed by atoms with E-state index in [0.717, 1.165) is 37.3 Å². The van der Waals surface area contributed by atoms with Gasteiger partial charge in [0.15, 0.2) is 11.5 Å². The van der Waals surface area contributed by atoms with Crippen LogP contribution in [-0.4, -0.2) is 54.1 Å². The highest BCUT2D eigenvalue weighted by atomic mass is 16.5. The smallest absolute Gasteiger partial charge is 0.259 e. The molecule has 0 amide bonds. The van der Waals surface area contributed by atoms with Gasteiger partial charge in [-0.25, -0.2) is 4.98 Å². The largest absolute Gasteiger partial charge is 0.493 e. The second-order valence-electron chi connectivity index (χ2n) is 7.01. The SMILES string of the molecule is COc1cccc(-c2noc(-c3ccc(N4CCCC(CO)C4)nc3)n2)c1OC. The minimum atomic E-state index is 0.215. The van der Waals surface area contributed by atoms with Gasteiger partial charge in [0, 0.05) is 25.9 Å². The Morgan fingerprint density at radius 2 is 2.10 bits per heavy atom. The van der Waals surface area contributed by atoms with Crippen molar-refractivity contribution in [1.29, 1.82) is 0 Å². The van der Waals surface area contributed by atoms with Crippen molar-refractivity contribution >= 4 is 5.82 Å². The van der Waals surface area contributed by atoms with Crippen LogP contribution in [0.4, 0.5) is 5.82 Å². The Hall–Kier alpha value is -3.13. The van der Waals surface area contributed by atoms with Crippen molar-refractivity contribution in [3.05, 3.63) is 36.5 Å². The number of ether oxygens (including phenoxy) is 2. The standard InChI is InChI=1S/C21H24N4O4/c1-27-17-7-3-6-16(19(17)28-2)20-23-21(29-24-20)15-8-9-18(22-11-15)25-10-4-5-14(12-25)13-26/h3,6-9,11,14,26H,4-5,10,12-13H2,1-2H3. The molecule has 1 saturated heterocycles. The maximum atomic E-state index is 9.42. The number of nitrogens with zero attached hydrogens (tertiary/aromatic N) is 4. The number of aliphatic hydroxyl groups excluding tert-OH is 1. The van der Waals surface area contributed by atoms with Gasteiger partial charge in [-0.05, 0) is 43.0 Å². The highest BCUT2D eigenvalue weighted by Gasteiger charge is 2.21. The predicted molar refractivity (Wildman–Crippen MR) is 108 cm³/mol. The fraction of sp³-hybridized carbons (Fsp3) is 0.381. The molecule has 4 rings (SSSR count). The lowest BCUT2D eigenvalue weighted by atomic mass is 9.99. The number of hydrogen-bond acceptors (Lipinski definition) is 8. The molecule has 1 fully saturated rings. The zero-order valence-corrected chi connectivity index (χ0v) is 16.5. The minimum Gasteiger partial charge on any atom is -0.493 e. The number of aliphatic hydroxyl groups is 1. The van der Waals surface area contributed by atoms with Crippen molar-refractivity contribution in [3.63, 3.8) is 0 Å². The van der Waals surface area contributed by atoms with Crippen LogP contribution < -0.4 is 14.4 Å². The van der Waals surface area contributed by atoms with Crippen molar-refractivity contribution in [2.24, 2.45) is 5.92 Å². The van der Waals surface area contributed by atoms with Gasteiger partial charge >= 0.3 is 0 Å². The quantitative estimate of drug-likeness (QED) is 0.680. The summed E-state index contributed by atoms with van der Waals surface area (Å²) in [4.78, 5) is 11.3. The molecule has 2 aromatic heterocycles. The lowest BCUT2D eigenvalue weighted by Crippen LogP contribution is -2.37. The summed E-state index contributed by atoms with van der Waals surface area (Å²) < 4.78 is 16.2. The van der Waals surface area contributed by atoms with Crippen molar-refractivity contribution in [2.75, 3.05) is 38.8 Å². The van der Waals surface area contributed by atoms with E-state index in [1.807, 2.05) is 30.3 Å². The summed E-state index contributed by atoms with van der Waals surface area (Å²) in [6, 6.07) is 9.39. The number of methoxy groups -OCH3 is 2. The number of benzene rings is 1. The second kappa shape index (κ2) is 8.48. The summed E-state index contributed by atoms with van der Waals surface area (Å²) in [7, 11) is 3.16. The number of aromatic nitrogens is 3. The number of hydrogen-bond donors (Lipinski definition) is 1. The summed E-state index contributed by atoms with van der Waals surface area (Å²) in [6.07, 6.45) is 3.85. The van der Waals surface area contributed by atoms with Gasteiger partial charge in [0.05, 0.1) is 25.3 Å². The summed E-state index contributed by atoms with van der Waals surface area (Å²) in [5, 5.41) is 13.5. The monoisotopic (exact) mass is 396 g/mol. The maximum absolute atomic E-state index is 9.42. The van der Waals surface area contributed by atoms with Crippen LogP contribution in [0.5, 0.6) is 11.5 Å². The molecule has 0 radical (unpaired) electrons. The molecule has 0 bridgehead atoms. The molecule has 0 aliphatic carbocycles. The van der Waals surface area contributed by atoms with Gasteiger partial charge < -0.3 is 24.0 Å². The Labute approximate surface area is 169 Å². The molecule has 0 saturated carbocycles. The number of para-hydroxylation sites is 1. The van der Waals surface area contributed by atoms with Gasteiger partial charge in [0.1, 0.15) is 5.82 Å². The Balaban J connectivity index is 1.56. The second-order valence-corrected chi connectivity index (χ2v) is 7.01. The van der Waals surface area contributed by atoms with Crippen LogP contribution in [0.25, 0.3) is 22.8 Å². The van der Waals surface area contributed by atoms with Crippen LogP contribution in [0.3, 0.4) is 0 Å². The fourth-order valence-electron chi connectivity index (χ4n) is 3.64. The topological polar surface area (TPSA) is 93.7 Å². The number of rotatable bonds is 6. The van der Waals surface area contributed by atoms with Crippen LogP contribution in [-0.2, 0) is 0 Å². The van der Waals surface area contributed by atoms with Crippen molar-refractivity contribution < 1.29 is 19.1 Å². The molecule has 8 nitrogen and oxygen atoms in total. The van der Waals surface area contributed by atoms with E-state index in [2.05, 4.69) is 20.0 Å². The molecule has 1 atom stereocenters. The van der Waals surface area contributed by atoms with Crippen molar-refractivity contribution in [3.8, 4) is 34.3 Å². The molecule has 152 valence electrons. The molecule has 3 heterocycles. The summed E-state index contributed by atoms with van der Waals surface area (Å²) in [5.74, 6) is 3.16. The first-order valence-corrected chi connectivity index (χ1v) is 9.60. The van der Waals surface area contributed by atoms with Gasteiger partial charge in [-0.3, -0.25) is 0 Å². The molecule has 1 unspecified atom stereocenters. The van der Waals surface area contributed by atoms with Crippen LogP contribution in [0.2, 0.25) is 0 Å². The molecular weight excluding hydrogens is 372 g/mol. The first kappa shape index (κ1) is 19.2. The molecule has 1 aliphatic rings. The Bertz CT molecular complexity index is 958. The van der Waals surface area contributed by atoms with E-state index in [9.17, 15) is 5.11 Å². The van der Waals surface area contributed by atoms with Crippen LogP contribution >= 0.6 is 0 Å². The number of pyridine rings is 1. The molecule has 29 heavy (non-hydrogen) atoms. The van der Waals surface area contributed by atoms with E-state index in [4.69, 9.17) is 14.0 Å². The fourth-order valence-corrected chi connectivity index (χ4v) is 3.64. The van der Waals surface area contributed by atoms with E-state index in [-0.39, 0.29) is 6.61 Å². The highest BCUT2D eigenvalue weighted by Crippen LogP contribution is 2.37. The number of piperidine rings is 1. The molecule has 1 N–H and O–H groups in total. The van der Waals surface area contributed by atoms with Gasteiger partial charge in [0.25, 0.3) is 5.89 Å². The van der Waals surface area contributed by atoms with Gasteiger partial charge in [0.2, 0.25) is 5.82 Å². The van der Waals surface area contributed by atoms with E-state index in [0.29, 0.717) is 34.7 Å². The van der Waals surface area contributed by atoms with Crippen LogP contribution in [0.15, 0.2) is 41.1 Å². The van der Waals surface area contributed by atoms with Crippen LogP contribution in [0, 0.1) is 5.92 Å². The summed E-state index contributed by atoms with van der Waals surface area (Å²) in [5.41, 5.74) is 1.43. The zero-order chi connectivity index (χ0) is 20.2. The van der Waals surface area contributed by atoms with Gasteiger partial charge in [-0.2, -0.15) is 4.98 Å². The summed E-state index contributed by atoms with van der Waals surface area (Å²) in [6.45, 7) is 1.99. The zero-order valence-electron chi connectivity index (χ0n) is 16.5. The van der Waals surface area contributed by atoms with Crippen molar-refractivity contribution in [1.82, 2.24) is 15.1 Å². The maximum Gasteiger partial charge on any atom is 0.259 e. The molecule has 0 spiro atoms. The Kier molecular flexibility index (Phi) is 5.62. The average Bonchev–Trinajstić information content (AvgIpc) is 3.28. The highest BCUT2D eigenvalue weighted by molar-refractivity contribution is 5.69. The third-order valence-corrected chi connectivity index (χ3v) is 5.17. The summed E-state index contributed by atoms with van der Waals surface area (Å²) >= 11 is 0. The van der Waals surface area contributed by atoms with E-state index in [1.165, 1.54) is 0 Å². The third kappa shape index (κ3) is 3.88. The molecule has 1 aromatic carbocycles. The molecule has 3 aromatic rings. The van der Waals surface area contributed by atoms with Gasteiger partial charge in [-0.1, -0.05) is 11.2 Å². The minimum absolute atomic E-state index is 0.215. The first-order valence-electron chi connectivity index (χ1n) is 9.60. The van der Waals surface area contributed by atoms with E-state index < -0.39 is 0 Å². The lowest BCUT2D eigenvalue weighted by Gasteiger charge is -2.32. The van der Waals surface area contributed by atoms with Crippen molar-refractivity contribution in [2.45, 2.75) is 12.8 Å². The first-order chi connectivity index (χ1) is 14.2. The third-order valence-electron chi connectivity index (χ3n) is 5.17.